The predicted octanol–water partition coefficient (Wildman–Crippen LogP) is 6.08. The lowest BCUT2D eigenvalue weighted by molar-refractivity contribution is 0.415. The highest BCUT2D eigenvalue weighted by Gasteiger charge is 2.20. The first-order valence-corrected chi connectivity index (χ1v) is 10.6. The maximum absolute atomic E-state index is 6.49. The molecule has 152 valence electrons. The molecular formula is C24H23ClN4O. The van der Waals surface area contributed by atoms with Gasteiger partial charge in [-0.05, 0) is 49.2 Å². The average molecular weight is 419 g/mol. The molecule has 1 saturated carbocycles. The van der Waals surface area contributed by atoms with Gasteiger partial charge in [0.2, 0.25) is 0 Å². The maximum atomic E-state index is 6.49. The van der Waals surface area contributed by atoms with Gasteiger partial charge in [0.05, 0.1) is 23.5 Å². The van der Waals surface area contributed by atoms with Crippen LogP contribution in [0.25, 0.3) is 28.2 Å². The zero-order chi connectivity index (χ0) is 20.5. The Labute approximate surface area is 180 Å². The van der Waals surface area contributed by atoms with Crippen molar-refractivity contribution in [2.45, 2.75) is 31.7 Å². The molecule has 1 aliphatic carbocycles. The van der Waals surface area contributed by atoms with Crippen molar-refractivity contribution in [1.29, 1.82) is 0 Å². The van der Waals surface area contributed by atoms with Gasteiger partial charge in [-0.3, -0.25) is 4.40 Å². The molecule has 0 aliphatic heterocycles. The minimum atomic E-state index is 0.502. The lowest BCUT2D eigenvalue weighted by Gasteiger charge is -2.14. The second-order valence-electron chi connectivity index (χ2n) is 7.65. The van der Waals surface area contributed by atoms with Crippen molar-refractivity contribution in [2.75, 3.05) is 12.4 Å². The fraction of sp³-hybridized carbons (Fsp3) is 0.250. The molecular weight excluding hydrogens is 396 g/mol. The highest BCUT2D eigenvalue weighted by Crippen LogP contribution is 2.36. The van der Waals surface area contributed by atoms with Crippen LogP contribution in [0, 0.1) is 0 Å². The van der Waals surface area contributed by atoms with E-state index in [2.05, 4.69) is 16.4 Å². The molecule has 3 heterocycles. The van der Waals surface area contributed by atoms with Gasteiger partial charge in [-0.15, -0.1) is 0 Å². The second-order valence-corrected chi connectivity index (χ2v) is 8.05. The highest BCUT2D eigenvalue weighted by molar-refractivity contribution is 6.33. The van der Waals surface area contributed by atoms with Gasteiger partial charge in [0.1, 0.15) is 11.6 Å². The molecule has 1 aliphatic rings. The number of ether oxygens (including phenoxy) is 1. The number of nitrogens with zero attached hydrogens (tertiary/aromatic N) is 3. The number of imidazole rings is 1. The van der Waals surface area contributed by atoms with Crippen LogP contribution in [0.1, 0.15) is 25.7 Å². The summed E-state index contributed by atoms with van der Waals surface area (Å²) in [6, 6.07) is 16.4. The summed E-state index contributed by atoms with van der Waals surface area (Å²) in [5.41, 5.74) is 4.59. The molecule has 0 amide bonds. The lowest BCUT2D eigenvalue weighted by atomic mass is 10.1. The summed E-state index contributed by atoms with van der Waals surface area (Å²) in [5.74, 6) is 1.69. The molecule has 4 aromatic rings. The van der Waals surface area contributed by atoms with Crippen molar-refractivity contribution >= 4 is 23.1 Å². The number of halogens is 1. The van der Waals surface area contributed by atoms with Crippen LogP contribution in [0.4, 0.5) is 5.82 Å². The summed E-state index contributed by atoms with van der Waals surface area (Å²) in [5, 5.41) is 4.21. The zero-order valence-corrected chi connectivity index (χ0v) is 17.6. The van der Waals surface area contributed by atoms with E-state index in [4.69, 9.17) is 21.3 Å². The number of pyridine rings is 2. The van der Waals surface area contributed by atoms with Crippen molar-refractivity contribution in [3.8, 4) is 28.3 Å². The van der Waals surface area contributed by atoms with E-state index in [1.165, 1.54) is 25.7 Å². The fourth-order valence-corrected chi connectivity index (χ4v) is 4.42. The van der Waals surface area contributed by atoms with Gasteiger partial charge >= 0.3 is 0 Å². The van der Waals surface area contributed by atoms with E-state index in [9.17, 15) is 0 Å². The first-order valence-electron chi connectivity index (χ1n) is 10.3. The molecule has 0 radical (unpaired) electrons. The molecule has 5 rings (SSSR count). The number of anilines is 1. The van der Waals surface area contributed by atoms with Crippen LogP contribution >= 0.6 is 11.6 Å². The first-order chi connectivity index (χ1) is 14.7. The Bertz CT molecular complexity index is 1200. The molecule has 5 nitrogen and oxygen atoms in total. The SMILES string of the molecule is COc1cccc(-c2nc3c(Cl)cccn3c2-c2ccnc(NC3CCCC3)c2)c1. The van der Waals surface area contributed by atoms with E-state index in [1.54, 1.807) is 7.11 Å². The third-order valence-electron chi connectivity index (χ3n) is 5.69. The Morgan fingerprint density at radius 1 is 1.07 bits per heavy atom. The minimum Gasteiger partial charge on any atom is -0.497 e. The van der Waals surface area contributed by atoms with Crippen molar-refractivity contribution in [1.82, 2.24) is 14.4 Å². The van der Waals surface area contributed by atoms with Gasteiger partial charge in [-0.2, -0.15) is 0 Å². The number of aromatic nitrogens is 3. The number of benzene rings is 1. The number of nitrogens with one attached hydrogen (secondary N) is 1. The van der Waals surface area contributed by atoms with Crippen LogP contribution in [0.15, 0.2) is 60.9 Å². The number of rotatable bonds is 5. The normalized spacial score (nSPS) is 14.3. The fourth-order valence-electron chi connectivity index (χ4n) is 4.22. The van der Waals surface area contributed by atoms with E-state index in [1.807, 2.05) is 59.3 Å². The highest BCUT2D eigenvalue weighted by atomic mass is 35.5. The van der Waals surface area contributed by atoms with Gasteiger partial charge in [-0.25, -0.2) is 9.97 Å². The molecule has 0 spiro atoms. The molecule has 0 unspecified atom stereocenters. The Morgan fingerprint density at radius 2 is 1.93 bits per heavy atom. The molecule has 0 atom stereocenters. The van der Waals surface area contributed by atoms with Crippen LogP contribution in [0.3, 0.4) is 0 Å². The number of hydrogen-bond acceptors (Lipinski definition) is 4. The summed E-state index contributed by atoms with van der Waals surface area (Å²) in [4.78, 5) is 9.46. The van der Waals surface area contributed by atoms with Crippen LogP contribution in [-0.2, 0) is 0 Å². The van der Waals surface area contributed by atoms with Crippen molar-refractivity contribution < 1.29 is 4.74 Å². The summed E-state index contributed by atoms with van der Waals surface area (Å²) < 4.78 is 7.48. The lowest BCUT2D eigenvalue weighted by Crippen LogP contribution is -2.15. The Kier molecular flexibility index (Phi) is 5.05. The zero-order valence-electron chi connectivity index (χ0n) is 16.8. The monoisotopic (exact) mass is 418 g/mol. The summed E-state index contributed by atoms with van der Waals surface area (Å²) >= 11 is 6.49. The van der Waals surface area contributed by atoms with Gasteiger partial charge in [0.15, 0.2) is 5.65 Å². The van der Waals surface area contributed by atoms with Gasteiger partial charge in [-0.1, -0.05) is 36.6 Å². The molecule has 6 heteroatoms. The van der Waals surface area contributed by atoms with Crippen molar-refractivity contribution in [3.63, 3.8) is 0 Å². The Balaban J connectivity index is 1.67. The molecule has 1 aromatic carbocycles. The first kappa shape index (κ1) is 18.9. The van der Waals surface area contributed by atoms with E-state index in [-0.39, 0.29) is 0 Å². The van der Waals surface area contributed by atoms with E-state index >= 15 is 0 Å². The van der Waals surface area contributed by atoms with Crippen molar-refractivity contribution in [2.24, 2.45) is 0 Å². The quantitative estimate of drug-likeness (QED) is 0.426. The molecule has 0 bridgehead atoms. The molecule has 30 heavy (non-hydrogen) atoms. The minimum absolute atomic E-state index is 0.502. The van der Waals surface area contributed by atoms with Crippen LogP contribution < -0.4 is 10.1 Å². The summed E-state index contributed by atoms with van der Waals surface area (Å²) in [7, 11) is 1.67. The molecule has 1 N–H and O–H groups in total. The summed E-state index contributed by atoms with van der Waals surface area (Å²) in [6.07, 6.45) is 8.81. The standard InChI is InChI=1S/C24H23ClN4O/c1-30-19-9-4-6-16(14-19)22-23(29-13-5-10-20(25)24(29)28-22)17-11-12-26-21(15-17)27-18-7-2-3-8-18/h4-6,9-15,18H,2-3,7-8H2,1H3,(H,26,27). The smallest absolute Gasteiger partial charge is 0.156 e. The van der Waals surface area contributed by atoms with E-state index < -0.39 is 0 Å². The third-order valence-corrected chi connectivity index (χ3v) is 5.98. The van der Waals surface area contributed by atoms with Crippen LogP contribution in [-0.4, -0.2) is 27.5 Å². The molecule has 3 aromatic heterocycles. The number of fused-ring (bicyclic) bond motifs is 1. The Morgan fingerprint density at radius 3 is 2.77 bits per heavy atom. The predicted molar refractivity (Wildman–Crippen MR) is 121 cm³/mol. The van der Waals surface area contributed by atoms with Gasteiger partial charge in [0, 0.05) is 29.6 Å². The van der Waals surface area contributed by atoms with Gasteiger partial charge in [0.25, 0.3) is 0 Å². The Hall–Kier alpha value is -3.05. The summed E-state index contributed by atoms with van der Waals surface area (Å²) in [6.45, 7) is 0. The average Bonchev–Trinajstić information content (AvgIpc) is 3.42. The number of hydrogen-bond donors (Lipinski definition) is 1. The van der Waals surface area contributed by atoms with Crippen LogP contribution in [0.5, 0.6) is 5.75 Å². The van der Waals surface area contributed by atoms with Crippen molar-refractivity contribution in [3.05, 3.63) is 65.9 Å². The number of methoxy groups -OCH3 is 1. The maximum Gasteiger partial charge on any atom is 0.156 e. The molecule has 0 saturated heterocycles. The second kappa shape index (κ2) is 8.00. The van der Waals surface area contributed by atoms with E-state index in [0.717, 1.165) is 39.7 Å². The van der Waals surface area contributed by atoms with E-state index in [0.29, 0.717) is 11.1 Å². The van der Waals surface area contributed by atoms with Crippen LogP contribution in [0.2, 0.25) is 5.02 Å². The molecule has 1 fully saturated rings. The topological polar surface area (TPSA) is 51.5 Å². The largest absolute Gasteiger partial charge is 0.497 e. The third kappa shape index (κ3) is 3.50. The van der Waals surface area contributed by atoms with Gasteiger partial charge < -0.3 is 10.1 Å².